The van der Waals surface area contributed by atoms with E-state index < -0.39 is 0 Å². The van der Waals surface area contributed by atoms with Crippen LogP contribution < -0.4 is 5.73 Å². The molecule has 0 aliphatic carbocycles. The van der Waals surface area contributed by atoms with E-state index in [9.17, 15) is 4.79 Å². The zero-order chi connectivity index (χ0) is 12.0. The Morgan fingerprint density at radius 3 is 3.06 bits per heavy atom. The number of rotatable bonds is 4. The van der Waals surface area contributed by atoms with Crippen LogP contribution in [0.25, 0.3) is 6.08 Å². The lowest BCUT2D eigenvalue weighted by molar-refractivity contribution is -0.144. The number of hydrogen-bond donors (Lipinski definition) is 1. The number of anilines is 1. The van der Waals surface area contributed by atoms with Gasteiger partial charge in [0.25, 0.3) is 0 Å². The molecule has 1 atom stereocenters. The van der Waals surface area contributed by atoms with Crippen molar-refractivity contribution >= 4 is 17.7 Å². The fraction of sp³-hybridized carbons (Fsp3) is 0.333. The summed E-state index contributed by atoms with van der Waals surface area (Å²) in [4.78, 5) is 15.1. The number of nitrogens with zero attached hydrogens (tertiary/aromatic N) is 1. The maximum atomic E-state index is 11.1. The third-order valence-electron chi connectivity index (χ3n) is 2.28. The number of aromatic nitrogens is 1. The van der Waals surface area contributed by atoms with Crippen molar-refractivity contribution in [1.29, 1.82) is 0 Å². The number of pyridine rings is 1. The first kappa shape index (κ1) is 12.2. The monoisotopic (exact) mass is 220 g/mol. The van der Waals surface area contributed by atoms with Gasteiger partial charge in [0.15, 0.2) is 0 Å². The second-order valence-corrected chi connectivity index (χ2v) is 3.57. The lowest BCUT2D eigenvalue weighted by Gasteiger charge is -2.05. The Labute approximate surface area is 95.1 Å². The van der Waals surface area contributed by atoms with Gasteiger partial charge in [0, 0.05) is 23.6 Å². The number of hydrogen-bond acceptors (Lipinski definition) is 4. The molecular weight excluding hydrogens is 204 g/mol. The molecule has 0 aliphatic heterocycles. The molecule has 0 bridgehead atoms. The Morgan fingerprint density at radius 2 is 2.44 bits per heavy atom. The standard InChI is InChI=1S/C12H16N2O2/c1-9(12(15)16-2)4-3-5-10-8-14-7-6-11(10)13/h3,5-9H,4H2,1-2H3,(H2,13,14). The molecule has 0 spiro atoms. The van der Waals surface area contributed by atoms with Crippen molar-refractivity contribution in [1.82, 2.24) is 4.98 Å². The van der Waals surface area contributed by atoms with Crippen molar-refractivity contribution in [2.75, 3.05) is 12.8 Å². The molecule has 4 nitrogen and oxygen atoms in total. The van der Waals surface area contributed by atoms with Crippen molar-refractivity contribution in [3.63, 3.8) is 0 Å². The minimum absolute atomic E-state index is 0.140. The quantitative estimate of drug-likeness (QED) is 0.787. The van der Waals surface area contributed by atoms with E-state index in [1.54, 1.807) is 18.5 Å². The van der Waals surface area contributed by atoms with E-state index >= 15 is 0 Å². The second-order valence-electron chi connectivity index (χ2n) is 3.57. The molecule has 1 aromatic heterocycles. The highest BCUT2D eigenvalue weighted by atomic mass is 16.5. The number of methoxy groups -OCH3 is 1. The molecule has 0 saturated carbocycles. The third kappa shape index (κ3) is 3.38. The summed E-state index contributed by atoms with van der Waals surface area (Å²) < 4.78 is 4.63. The molecule has 0 saturated heterocycles. The predicted molar refractivity (Wildman–Crippen MR) is 63.5 cm³/mol. The average Bonchev–Trinajstić information content (AvgIpc) is 2.30. The number of carbonyl (C=O) groups excluding carboxylic acids is 1. The first-order valence-electron chi connectivity index (χ1n) is 5.09. The fourth-order valence-corrected chi connectivity index (χ4v) is 1.25. The van der Waals surface area contributed by atoms with Crippen LogP contribution in [0.4, 0.5) is 5.69 Å². The van der Waals surface area contributed by atoms with Crippen LogP contribution in [-0.4, -0.2) is 18.1 Å². The van der Waals surface area contributed by atoms with Crippen LogP contribution in [0.5, 0.6) is 0 Å². The molecule has 1 unspecified atom stereocenters. The van der Waals surface area contributed by atoms with Gasteiger partial charge in [-0.3, -0.25) is 9.78 Å². The van der Waals surface area contributed by atoms with Crippen molar-refractivity contribution < 1.29 is 9.53 Å². The SMILES string of the molecule is COC(=O)C(C)CC=Cc1cnccc1N. The molecule has 2 N–H and O–H groups in total. The molecular formula is C12H16N2O2. The highest BCUT2D eigenvalue weighted by Crippen LogP contribution is 2.12. The first-order chi connectivity index (χ1) is 7.65. The summed E-state index contributed by atoms with van der Waals surface area (Å²) in [6, 6.07) is 1.74. The van der Waals surface area contributed by atoms with E-state index in [0.717, 1.165) is 5.56 Å². The molecule has 0 aromatic carbocycles. The number of carbonyl (C=O) groups is 1. The Bertz CT molecular complexity index is 388. The van der Waals surface area contributed by atoms with Gasteiger partial charge in [-0.1, -0.05) is 19.1 Å². The molecule has 1 heterocycles. The van der Waals surface area contributed by atoms with E-state index in [2.05, 4.69) is 9.72 Å². The van der Waals surface area contributed by atoms with Gasteiger partial charge in [-0.2, -0.15) is 0 Å². The lowest BCUT2D eigenvalue weighted by Crippen LogP contribution is -2.11. The Hall–Kier alpha value is -1.84. The second kappa shape index (κ2) is 5.90. The summed E-state index contributed by atoms with van der Waals surface area (Å²) in [5.41, 5.74) is 7.28. The van der Waals surface area contributed by atoms with Gasteiger partial charge in [-0.25, -0.2) is 0 Å². The molecule has 0 aliphatic rings. The van der Waals surface area contributed by atoms with Crippen molar-refractivity contribution in [3.05, 3.63) is 30.1 Å². The number of nitrogen functional groups attached to an aromatic ring is 1. The molecule has 4 heteroatoms. The molecule has 16 heavy (non-hydrogen) atoms. The summed E-state index contributed by atoms with van der Waals surface area (Å²) in [6.07, 6.45) is 7.72. The highest BCUT2D eigenvalue weighted by molar-refractivity contribution is 5.72. The number of ether oxygens (including phenoxy) is 1. The Kier molecular flexibility index (Phi) is 4.51. The van der Waals surface area contributed by atoms with Crippen LogP contribution in [0.1, 0.15) is 18.9 Å². The summed E-state index contributed by atoms with van der Waals surface area (Å²) in [7, 11) is 1.39. The number of allylic oxidation sites excluding steroid dienone is 1. The summed E-state index contributed by atoms with van der Waals surface area (Å²) in [5, 5.41) is 0. The normalized spacial score (nSPS) is 12.6. The zero-order valence-corrected chi connectivity index (χ0v) is 9.51. The van der Waals surface area contributed by atoms with E-state index in [1.807, 2.05) is 19.1 Å². The van der Waals surface area contributed by atoms with E-state index in [-0.39, 0.29) is 11.9 Å². The van der Waals surface area contributed by atoms with Crippen LogP contribution in [0.2, 0.25) is 0 Å². The van der Waals surface area contributed by atoms with Crippen LogP contribution >= 0.6 is 0 Å². The topological polar surface area (TPSA) is 65.2 Å². The molecule has 1 aromatic rings. The van der Waals surface area contributed by atoms with Gasteiger partial charge in [-0.05, 0) is 12.5 Å². The number of esters is 1. The average molecular weight is 220 g/mol. The minimum atomic E-state index is -0.205. The van der Waals surface area contributed by atoms with Crippen LogP contribution in [-0.2, 0) is 9.53 Å². The molecule has 1 rings (SSSR count). The third-order valence-corrected chi connectivity index (χ3v) is 2.28. The van der Waals surface area contributed by atoms with Crippen LogP contribution in [0.3, 0.4) is 0 Å². The van der Waals surface area contributed by atoms with Gasteiger partial charge < -0.3 is 10.5 Å². The number of nitrogens with two attached hydrogens (primary N) is 1. The van der Waals surface area contributed by atoms with Gasteiger partial charge in [-0.15, -0.1) is 0 Å². The minimum Gasteiger partial charge on any atom is -0.469 e. The molecule has 0 radical (unpaired) electrons. The van der Waals surface area contributed by atoms with E-state index in [4.69, 9.17) is 5.73 Å². The fourth-order valence-electron chi connectivity index (χ4n) is 1.25. The maximum Gasteiger partial charge on any atom is 0.308 e. The van der Waals surface area contributed by atoms with E-state index in [1.165, 1.54) is 7.11 Å². The Balaban J connectivity index is 2.55. The zero-order valence-electron chi connectivity index (χ0n) is 9.51. The predicted octanol–water partition coefficient (Wildman–Crippen LogP) is 1.88. The van der Waals surface area contributed by atoms with E-state index in [0.29, 0.717) is 12.1 Å². The van der Waals surface area contributed by atoms with Crippen molar-refractivity contribution in [2.45, 2.75) is 13.3 Å². The summed E-state index contributed by atoms with van der Waals surface area (Å²) in [6.45, 7) is 1.82. The van der Waals surface area contributed by atoms with Gasteiger partial charge in [0.05, 0.1) is 13.0 Å². The summed E-state index contributed by atoms with van der Waals surface area (Å²) in [5.74, 6) is -0.344. The first-order valence-corrected chi connectivity index (χ1v) is 5.09. The largest absolute Gasteiger partial charge is 0.469 e. The van der Waals surface area contributed by atoms with Gasteiger partial charge >= 0.3 is 5.97 Å². The lowest BCUT2D eigenvalue weighted by atomic mass is 10.1. The van der Waals surface area contributed by atoms with Crippen LogP contribution in [0.15, 0.2) is 24.5 Å². The van der Waals surface area contributed by atoms with Gasteiger partial charge in [0.1, 0.15) is 0 Å². The van der Waals surface area contributed by atoms with Crippen molar-refractivity contribution in [2.24, 2.45) is 5.92 Å². The molecule has 0 fully saturated rings. The molecule has 86 valence electrons. The highest BCUT2D eigenvalue weighted by Gasteiger charge is 2.10. The maximum absolute atomic E-state index is 11.1. The van der Waals surface area contributed by atoms with Crippen molar-refractivity contribution in [3.8, 4) is 0 Å². The smallest absolute Gasteiger partial charge is 0.308 e. The Morgan fingerprint density at radius 1 is 1.69 bits per heavy atom. The van der Waals surface area contributed by atoms with Gasteiger partial charge in [0.2, 0.25) is 0 Å². The summed E-state index contributed by atoms with van der Waals surface area (Å²) >= 11 is 0. The molecule has 0 amide bonds. The van der Waals surface area contributed by atoms with Crippen LogP contribution in [0, 0.1) is 5.92 Å².